The van der Waals surface area contributed by atoms with Crippen molar-refractivity contribution in [1.82, 2.24) is 0 Å². The molecule has 0 heterocycles. The van der Waals surface area contributed by atoms with Crippen LogP contribution >= 0.6 is 0 Å². The van der Waals surface area contributed by atoms with E-state index in [-0.39, 0.29) is 30.6 Å². The zero-order chi connectivity index (χ0) is 20.5. The largest absolute Gasteiger partial charge is 0.379 e. The van der Waals surface area contributed by atoms with E-state index in [9.17, 15) is 14.0 Å². The third-order valence-electron chi connectivity index (χ3n) is 4.51. The summed E-state index contributed by atoms with van der Waals surface area (Å²) in [4.78, 5) is 25.5. The number of carbonyl (C=O) groups excluding carboxylic acids is 2. The van der Waals surface area contributed by atoms with Crippen LogP contribution in [0, 0.1) is 19.7 Å². The highest BCUT2D eigenvalue weighted by molar-refractivity contribution is 5.93. The number of rotatable bonds is 9. The molecule has 3 N–H and O–H groups in total. The summed E-state index contributed by atoms with van der Waals surface area (Å²) >= 11 is 0. The Labute approximate surface area is 164 Å². The molecule has 0 aliphatic carbocycles. The van der Waals surface area contributed by atoms with Crippen molar-refractivity contribution in [3.8, 4) is 0 Å². The van der Waals surface area contributed by atoms with Crippen molar-refractivity contribution in [1.29, 1.82) is 0 Å². The molecule has 0 fully saturated rings. The zero-order valence-electron chi connectivity index (χ0n) is 16.5. The van der Waals surface area contributed by atoms with Crippen molar-refractivity contribution >= 4 is 23.2 Å². The average molecular weight is 388 g/mol. The minimum Gasteiger partial charge on any atom is -0.379 e. The van der Waals surface area contributed by atoms with Crippen molar-refractivity contribution in [3.05, 3.63) is 59.4 Å². The van der Waals surface area contributed by atoms with Gasteiger partial charge in [0.15, 0.2) is 13.1 Å². The van der Waals surface area contributed by atoms with Gasteiger partial charge >= 0.3 is 0 Å². The fourth-order valence-electron chi connectivity index (χ4n) is 2.78. The number of aryl methyl sites for hydroxylation is 1. The summed E-state index contributed by atoms with van der Waals surface area (Å²) in [5, 5.41) is 5.45. The number of anilines is 2. The molecular weight excluding hydrogens is 361 g/mol. The van der Waals surface area contributed by atoms with Gasteiger partial charge in [-0.1, -0.05) is 24.3 Å². The number of hydrogen-bond acceptors (Lipinski definition) is 3. The van der Waals surface area contributed by atoms with Gasteiger partial charge in [0.2, 0.25) is 0 Å². The molecule has 28 heavy (non-hydrogen) atoms. The van der Waals surface area contributed by atoms with Gasteiger partial charge in [0.1, 0.15) is 12.4 Å². The lowest BCUT2D eigenvalue weighted by Gasteiger charge is -2.19. The maximum absolute atomic E-state index is 13.7. The van der Waals surface area contributed by atoms with E-state index in [0.717, 1.165) is 21.7 Å². The number of amides is 2. The second-order valence-corrected chi connectivity index (χ2v) is 6.67. The second-order valence-electron chi connectivity index (χ2n) is 6.67. The summed E-state index contributed by atoms with van der Waals surface area (Å²) in [6.45, 7) is 4.93. The third kappa shape index (κ3) is 6.44. The Kier molecular flexibility index (Phi) is 8.10. The van der Waals surface area contributed by atoms with Crippen molar-refractivity contribution < 1.29 is 23.6 Å². The van der Waals surface area contributed by atoms with E-state index in [1.54, 1.807) is 19.2 Å². The lowest BCUT2D eigenvalue weighted by Crippen LogP contribution is -3.14. The molecule has 0 aliphatic rings. The van der Waals surface area contributed by atoms with Crippen LogP contribution in [0.5, 0.6) is 0 Å². The molecular formula is C21H27FN3O3+. The smallest absolute Gasteiger partial charge is 0.279 e. The lowest BCUT2D eigenvalue weighted by atomic mass is 10.1. The maximum Gasteiger partial charge on any atom is 0.279 e. The molecule has 2 amide bonds. The first-order valence-electron chi connectivity index (χ1n) is 9.13. The summed E-state index contributed by atoms with van der Waals surface area (Å²) < 4.78 is 18.8. The Hall–Kier alpha value is -2.77. The predicted molar refractivity (Wildman–Crippen MR) is 107 cm³/mol. The highest BCUT2D eigenvalue weighted by Crippen LogP contribution is 2.17. The monoisotopic (exact) mass is 388 g/mol. The number of ether oxygens (including phenoxy) is 1. The van der Waals surface area contributed by atoms with E-state index < -0.39 is 5.82 Å². The quantitative estimate of drug-likeness (QED) is 0.610. The first kappa shape index (κ1) is 21.5. The Bertz CT molecular complexity index is 826. The van der Waals surface area contributed by atoms with Crippen molar-refractivity contribution in [3.63, 3.8) is 0 Å². The summed E-state index contributed by atoms with van der Waals surface area (Å²) in [6.07, 6.45) is 0. The van der Waals surface area contributed by atoms with Gasteiger partial charge in [-0.25, -0.2) is 4.39 Å². The number of quaternary nitrogens is 1. The van der Waals surface area contributed by atoms with Crippen molar-refractivity contribution in [2.45, 2.75) is 13.8 Å². The standard InChI is InChI=1S/C21H26FN3O3/c1-15-7-6-10-18(16(15)2)23-20(26)13-25(11-12-28-3)14-21(27)24-19-9-5-4-8-17(19)22/h4-10H,11-14H2,1-3H3,(H,23,26)(H,24,27)/p+1. The Morgan fingerprint density at radius 1 is 0.964 bits per heavy atom. The number of nitrogens with one attached hydrogen (secondary N) is 3. The van der Waals surface area contributed by atoms with Crippen LogP contribution in [0.4, 0.5) is 15.8 Å². The Morgan fingerprint density at radius 2 is 1.57 bits per heavy atom. The SMILES string of the molecule is COCC[NH+](CC(=O)Nc1ccccc1F)CC(=O)Nc1cccc(C)c1C. The van der Waals surface area contributed by atoms with Gasteiger partial charge in [-0.15, -0.1) is 0 Å². The van der Waals surface area contributed by atoms with Crippen molar-refractivity contribution in [2.75, 3.05) is 44.0 Å². The Morgan fingerprint density at radius 3 is 2.21 bits per heavy atom. The van der Waals surface area contributed by atoms with Gasteiger partial charge in [-0.3, -0.25) is 9.59 Å². The molecule has 0 saturated heterocycles. The van der Waals surface area contributed by atoms with Crippen molar-refractivity contribution in [2.24, 2.45) is 0 Å². The number of hydrogen-bond donors (Lipinski definition) is 3. The molecule has 0 spiro atoms. The molecule has 0 aliphatic heterocycles. The number of halogens is 1. The summed E-state index contributed by atoms with van der Waals surface area (Å²) in [5.74, 6) is -1.06. The van der Waals surface area contributed by atoms with E-state index in [1.165, 1.54) is 12.1 Å². The third-order valence-corrected chi connectivity index (χ3v) is 4.51. The van der Waals surface area contributed by atoms with Gasteiger partial charge < -0.3 is 20.3 Å². The van der Waals surface area contributed by atoms with E-state index >= 15 is 0 Å². The van der Waals surface area contributed by atoms with Crippen LogP contribution in [0.25, 0.3) is 0 Å². The van der Waals surface area contributed by atoms with Crippen LogP contribution in [-0.2, 0) is 14.3 Å². The fraction of sp³-hybridized carbons (Fsp3) is 0.333. The van der Waals surface area contributed by atoms with Crippen LogP contribution in [0.2, 0.25) is 0 Å². The number of methoxy groups -OCH3 is 1. The molecule has 6 nitrogen and oxygen atoms in total. The zero-order valence-corrected chi connectivity index (χ0v) is 16.5. The van der Waals surface area contributed by atoms with Crippen LogP contribution in [0.1, 0.15) is 11.1 Å². The average Bonchev–Trinajstić information content (AvgIpc) is 2.65. The first-order chi connectivity index (χ1) is 13.4. The predicted octanol–water partition coefficient (Wildman–Crippen LogP) is 1.55. The minimum absolute atomic E-state index is 0.0257. The fourth-order valence-corrected chi connectivity index (χ4v) is 2.78. The summed E-state index contributed by atoms with van der Waals surface area (Å²) in [6, 6.07) is 11.7. The van der Waals surface area contributed by atoms with Crippen LogP contribution in [0.3, 0.4) is 0 Å². The molecule has 0 saturated carbocycles. The normalized spacial score (nSPS) is 11.7. The van der Waals surface area contributed by atoms with Gasteiger partial charge in [0.05, 0.1) is 12.3 Å². The van der Waals surface area contributed by atoms with Gasteiger partial charge in [0, 0.05) is 12.8 Å². The van der Waals surface area contributed by atoms with Gasteiger partial charge in [0.25, 0.3) is 11.8 Å². The van der Waals surface area contributed by atoms with Crippen LogP contribution < -0.4 is 15.5 Å². The number of benzene rings is 2. The second kappa shape index (κ2) is 10.5. The molecule has 7 heteroatoms. The van der Waals surface area contributed by atoms with E-state index in [0.29, 0.717) is 13.2 Å². The minimum atomic E-state index is -0.498. The molecule has 150 valence electrons. The van der Waals surface area contributed by atoms with E-state index in [1.807, 2.05) is 32.0 Å². The topological polar surface area (TPSA) is 71.9 Å². The van der Waals surface area contributed by atoms with Gasteiger partial charge in [-0.2, -0.15) is 0 Å². The molecule has 0 bridgehead atoms. The number of para-hydroxylation sites is 1. The lowest BCUT2D eigenvalue weighted by molar-refractivity contribution is -0.883. The highest BCUT2D eigenvalue weighted by atomic mass is 19.1. The maximum atomic E-state index is 13.7. The molecule has 0 radical (unpaired) electrons. The van der Waals surface area contributed by atoms with Crippen LogP contribution in [-0.4, -0.2) is 45.2 Å². The summed E-state index contributed by atoms with van der Waals surface area (Å²) in [7, 11) is 1.56. The molecule has 2 aromatic rings. The molecule has 1 atom stereocenters. The first-order valence-corrected chi connectivity index (χ1v) is 9.13. The Balaban J connectivity index is 1.98. The molecule has 1 unspecified atom stereocenters. The highest BCUT2D eigenvalue weighted by Gasteiger charge is 2.19. The van der Waals surface area contributed by atoms with Crippen LogP contribution in [0.15, 0.2) is 42.5 Å². The van der Waals surface area contributed by atoms with E-state index in [2.05, 4.69) is 10.6 Å². The van der Waals surface area contributed by atoms with Gasteiger partial charge in [-0.05, 0) is 43.2 Å². The molecule has 2 aromatic carbocycles. The molecule has 2 rings (SSSR count). The number of carbonyl (C=O) groups is 2. The van der Waals surface area contributed by atoms with E-state index in [4.69, 9.17) is 4.74 Å². The summed E-state index contributed by atoms with van der Waals surface area (Å²) in [5.41, 5.74) is 2.97. The molecule has 0 aromatic heterocycles.